The number of aliphatic imine (C=N–C) groups is 1. The van der Waals surface area contributed by atoms with E-state index >= 15 is 0 Å². The highest BCUT2D eigenvalue weighted by Gasteiger charge is 2.05. The third-order valence-electron chi connectivity index (χ3n) is 1.94. The lowest BCUT2D eigenvalue weighted by molar-refractivity contribution is 0.717. The first-order valence-corrected chi connectivity index (χ1v) is 6.64. The molecule has 2 N–H and O–H groups in total. The van der Waals surface area contributed by atoms with Gasteiger partial charge in [0.15, 0.2) is 5.96 Å². The fraction of sp³-hybridized carbons (Fsp3) is 0.462. The molecule has 1 rings (SSSR count). The Kier molecular flexibility index (Phi) is 5.48. The fourth-order valence-corrected chi connectivity index (χ4v) is 1.71. The average molecular weight is 298 g/mol. The van der Waals surface area contributed by atoms with Crippen molar-refractivity contribution in [2.75, 3.05) is 5.32 Å². The van der Waals surface area contributed by atoms with Crippen LogP contribution in [-0.4, -0.2) is 18.0 Å². The van der Waals surface area contributed by atoms with E-state index in [9.17, 15) is 0 Å². The van der Waals surface area contributed by atoms with Gasteiger partial charge < -0.3 is 10.6 Å². The number of guanidine groups is 1. The van der Waals surface area contributed by atoms with Crippen molar-refractivity contribution >= 4 is 27.6 Å². The molecule has 0 unspecified atom stereocenters. The smallest absolute Gasteiger partial charge is 0.196 e. The molecule has 3 nitrogen and oxygen atoms in total. The molecule has 0 fully saturated rings. The standard InChI is InChI=1S/C13H20BrN3/c1-9(2)15-13(16-10(3)4)17-12-8-6-5-7-11(12)14/h5-10H,1-4H3,(H2,15,16,17). The van der Waals surface area contributed by atoms with Crippen molar-refractivity contribution < 1.29 is 0 Å². The number of hydrogen-bond acceptors (Lipinski definition) is 1. The van der Waals surface area contributed by atoms with Crippen molar-refractivity contribution in [3.05, 3.63) is 28.7 Å². The highest BCUT2D eigenvalue weighted by atomic mass is 79.9. The molecule has 0 bridgehead atoms. The molecule has 0 heterocycles. The molecule has 0 radical (unpaired) electrons. The quantitative estimate of drug-likeness (QED) is 0.660. The average Bonchev–Trinajstić information content (AvgIpc) is 2.19. The maximum Gasteiger partial charge on any atom is 0.196 e. The molecule has 0 saturated heterocycles. The van der Waals surface area contributed by atoms with E-state index in [1.807, 2.05) is 24.3 Å². The van der Waals surface area contributed by atoms with Gasteiger partial charge in [-0.1, -0.05) is 12.1 Å². The first kappa shape index (κ1) is 14.0. The molecule has 0 spiro atoms. The van der Waals surface area contributed by atoms with Crippen LogP contribution in [0.15, 0.2) is 33.7 Å². The van der Waals surface area contributed by atoms with Gasteiger partial charge in [-0.05, 0) is 55.8 Å². The Labute approximate surface area is 112 Å². The third kappa shape index (κ3) is 5.22. The molecule has 0 aromatic heterocycles. The van der Waals surface area contributed by atoms with E-state index in [1.54, 1.807) is 0 Å². The number of rotatable bonds is 3. The molecule has 1 aromatic carbocycles. The lowest BCUT2D eigenvalue weighted by Gasteiger charge is -2.16. The van der Waals surface area contributed by atoms with Crippen molar-refractivity contribution in [2.24, 2.45) is 4.99 Å². The minimum atomic E-state index is 0.256. The van der Waals surface area contributed by atoms with Gasteiger partial charge in [0.25, 0.3) is 0 Å². The van der Waals surface area contributed by atoms with Crippen molar-refractivity contribution in [3.8, 4) is 0 Å². The number of benzene rings is 1. The van der Waals surface area contributed by atoms with Crippen LogP contribution in [0.3, 0.4) is 0 Å². The summed E-state index contributed by atoms with van der Waals surface area (Å²) in [6, 6.07) is 8.61. The molecular formula is C13H20BrN3. The Morgan fingerprint density at radius 2 is 1.82 bits per heavy atom. The van der Waals surface area contributed by atoms with Crippen LogP contribution >= 0.6 is 15.9 Å². The Hall–Kier alpha value is -1.03. The van der Waals surface area contributed by atoms with Gasteiger partial charge in [0.05, 0.1) is 5.69 Å². The maximum absolute atomic E-state index is 4.53. The first-order valence-electron chi connectivity index (χ1n) is 5.85. The molecule has 0 atom stereocenters. The van der Waals surface area contributed by atoms with Gasteiger partial charge in [0, 0.05) is 16.6 Å². The van der Waals surface area contributed by atoms with Crippen LogP contribution in [0.2, 0.25) is 0 Å². The van der Waals surface area contributed by atoms with Crippen LogP contribution in [0, 0.1) is 0 Å². The second kappa shape index (κ2) is 6.64. The summed E-state index contributed by atoms with van der Waals surface area (Å²) in [5.74, 6) is 0.807. The molecule has 0 aliphatic carbocycles. The number of para-hydroxylation sites is 1. The van der Waals surface area contributed by atoms with Crippen LogP contribution in [0.25, 0.3) is 0 Å². The summed E-state index contributed by atoms with van der Waals surface area (Å²) < 4.78 is 1.03. The summed E-state index contributed by atoms with van der Waals surface area (Å²) in [5, 5.41) is 6.61. The minimum absolute atomic E-state index is 0.256. The van der Waals surface area contributed by atoms with E-state index in [1.165, 1.54) is 0 Å². The fourth-order valence-electron chi connectivity index (χ4n) is 1.33. The number of halogens is 1. The molecule has 0 amide bonds. The van der Waals surface area contributed by atoms with Gasteiger partial charge in [0.2, 0.25) is 0 Å². The van der Waals surface area contributed by atoms with Crippen LogP contribution in [-0.2, 0) is 0 Å². The maximum atomic E-state index is 4.53. The second-order valence-electron chi connectivity index (χ2n) is 4.48. The lowest BCUT2D eigenvalue weighted by Crippen LogP contribution is -2.36. The van der Waals surface area contributed by atoms with Crippen LogP contribution in [0.5, 0.6) is 0 Å². The number of nitrogens with one attached hydrogen (secondary N) is 2. The van der Waals surface area contributed by atoms with Gasteiger partial charge in [-0.3, -0.25) is 4.99 Å². The summed E-state index contributed by atoms with van der Waals surface area (Å²) in [5.41, 5.74) is 1.01. The molecule has 4 heteroatoms. The van der Waals surface area contributed by atoms with Crippen molar-refractivity contribution in [1.82, 2.24) is 5.32 Å². The van der Waals surface area contributed by atoms with Gasteiger partial charge in [-0.2, -0.15) is 0 Å². The van der Waals surface area contributed by atoms with Crippen molar-refractivity contribution in [1.29, 1.82) is 0 Å². The van der Waals surface area contributed by atoms with Gasteiger partial charge in [-0.25, -0.2) is 0 Å². The summed E-state index contributed by atoms with van der Waals surface area (Å²) in [6.45, 7) is 8.31. The summed E-state index contributed by atoms with van der Waals surface area (Å²) in [7, 11) is 0. The molecule has 94 valence electrons. The van der Waals surface area contributed by atoms with E-state index in [-0.39, 0.29) is 6.04 Å². The molecular weight excluding hydrogens is 278 g/mol. The lowest BCUT2D eigenvalue weighted by atomic mass is 10.3. The zero-order valence-corrected chi connectivity index (χ0v) is 12.4. The molecule has 0 aliphatic rings. The highest BCUT2D eigenvalue weighted by molar-refractivity contribution is 9.10. The van der Waals surface area contributed by atoms with Crippen LogP contribution < -0.4 is 10.6 Å². The summed E-state index contributed by atoms with van der Waals surface area (Å²) in [4.78, 5) is 4.53. The number of anilines is 1. The van der Waals surface area contributed by atoms with Gasteiger partial charge in [-0.15, -0.1) is 0 Å². The first-order chi connectivity index (χ1) is 7.99. The normalized spacial score (nSPS) is 12.1. The molecule has 0 saturated carbocycles. The summed E-state index contributed by atoms with van der Waals surface area (Å²) in [6.07, 6.45) is 0. The largest absolute Gasteiger partial charge is 0.354 e. The predicted molar refractivity (Wildman–Crippen MR) is 78.6 cm³/mol. The molecule has 0 aliphatic heterocycles. The molecule has 17 heavy (non-hydrogen) atoms. The Morgan fingerprint density at radius 3 is 2.35 bits per heavy atom. The van der Waals surface area contributed by atoms with Crippen molar-refractivity contribution in [2.45, 2.75) is 39.8 Å². The Morgan fingerprint density at radius 1 is 1.18 bits per heavy atom. The van der Waals surface area contributed by atoms with E-state index in [2.05, 4.69) is 59.3 Å². The topological polar surface area (TPSA) is 36.4 Å². The zero-order chi connectivity index (χ0) is 12.8. The predicted octanol–water partition coefficient (Wildman–Crippen LogP) is 3.62. The number of hydrogen-bond donors (Lipinski definition) is 2. The monoisotopic (exact) mass is 297 g/mol. The zero-order valence-electron chi connectivity index (χ0n) is 10.8. The van der Waals surface area contributed by atoms with E-state index in [0.29, 0.717) is 6.04 Å². The summed E-state index contributed by atoms with van der Waals surface area (Å²) >= 11 is 3.51. The van der Waals surface area contributed by atoms with E-state index < -0.39 is 0 Å². The third-order valence-corrected chi connectivity index (χ3v) is 2.63. The Balaban J connectivity index is 2.83. The van der Waals surface area contributed by atoms with Gasteiger partial charge in [0.1, 0.15) is 0 Å². The highest BCUT2D eigenvalue weighted by Crippen LogP contribution is 2.21. The van der Waals surface area contributed by atoms with Gasteiger partial charge >= 0.3 is 0 Å². The van der Waals surface area contributed by atoms with Crippen LogP contribution in [0.4, 0.5) is 5.69 Å². The second-order valence-corrected chi connectivity index (χ2v) is 5.33. The SMILES string of the molecule is CC(C)N=C(Nc1ccccc1Br)NC(C)C. The van der Waals surface area contributed by atoms with Crippen LogP contribution in [0.1, 0.15) is 27.7 Å². The van der Waals surface area contributed by atoms with E-state index in [4.69, 9.17) is 0 Å². The minimum Gasteiger partial charge on any atom is -0.354 e. The van der Waals surface area contributed by atoms with Crippen molar-refractivity contribution in [3.63, 3.8) is 0 Å². The number of nitrogens with zero attached hydrogens (tertiary/aromatic N) is 1. The van der Waals surface area contributed by atoms with E-state index in [0.717, 1.165) is 16.1 Å². The molecule has 1 aromatic rings. The Bertz CT molecular complexity index is 386.